The van der Waals surface area contributed by atoms with Crippen LogP contribution in [0.3, 0.4) is 0 Å². The third kappa shape index (κ3) is 2.59. The molecule has 1 fully saturated rings. The van der Waals surface area contributed by atoms with Crippen molar-refractivity contribution in [3.63, 3.8) is 0 Å². The van der Waals surface area contributed by atoms with Gasteiger partial charge in [-0.3, -0.25) is 9.69 Å². The van der Waals surface area contributed by atoms with Gasteiger partial charge in [0.15, 0.2) is 0 Å². The number of halogens is 2. The van der Waals surface area contributed by atoms with E-state index in [0.29, 0.717) is 12.2 Å². The number of ether oxygens (including phenoxy) is 1. The molecule has 0 radical (unpaired) electrons. The van der Waals surface area contributed by atoms with Gasteiger partial charge in [0.2, 0.25) is 0 Å². The van der Waals surface area contributed by atoms with Gasteiger partial charge in [-0.25, -0.2) is 14.1 Å². The minimum Gasteiger partial charge on any atom is -0.488 e. The summed E-state index contributed by atoms with van der Waals surface area (Å²) >= 11 is 5.93. The lowest BCUT2D eigenvalue weighted by Gasteiger charge is -2.20. The Balaban J connectivity index is 2.02. The third-order valence-electron chi connectivity index (χ3n) is 3.66. The zero-order chi connectivity index (χ0) is 16.6. The summed E-state index contributed by atoms with van der Waals surface area (Å²) in [5, 5.41) is 0.0594. The fraction of sp³-hybridized carbons (Fsp3) is 0.250. The van der Waals surface area contributed by atoms with Crippen molar-refractivity contribution >= 4 is 29.2 Å². The van der Waals surface area contributed by atoms with Gasteiger partial charge in [0.1, 0.15) is 23.9 Å². The molecule has 1 aromatic rings. The van der Waals surface area contributed by atoms with E-state index < -0.39 is 17.8 Å². The molecule has 0 aromatic heterocycles. The van der Waals surface area contributed by atoms with Crippen molar-refractivity contribution in [1.29, 1.82) is 0 Å². The highest BCUT2D eigenvalue weighted by atomic mass is 35.5. The number of nitrogens with zero attached hydrogens (tertiary/aromatic N) is 2. The standard InChI is InChI=1S/C16H14ClFN2O3/c1-2-7-23-14-9-13(11(18)8-10(14)17)20-15(21)12-5-3-4-6-19(12)16(20)22/h2,5,8-9H,1,3-4,6-7H2. The van der Waals surface area contributed by atoms with Gasteiger partial charge in [-0.2, -0.15) is 0 Å². The molecule has 5 nitrogen and oxygen atoms in total. The monoisotopic (exact) mass is 336 g/mol. The normalized spacial score (nSPS) is 17.2. The third-order valence-corrected chi connectivity index (χ3v) is 3.95. The minimum atomic E-state index is -0.761. The Morgan fingerprint density at radius 1 is 1.39 bits per heavy atom. The number of hydrogen-bond acceptors (Lipinski definition) is 3. The fourth-order valence-corrected chi connectivity index (χ4v) is 2.81. The molecule has 1 aromatic carbocycles. The number of rotatable bonds is 4. The summed E-state index contributed by atoms with van der Waals surface area (Å²) in [6.45, 7) is 4.14. The van der Waals surface area contributed by atoms with Gasteiger partial charge >= 0.3 is 6.03 Å². The Morgan fingerprint density at radius 2 is 2.17 bits per heavy atom. The molecule has 0 aliphatic carbocycles. The van der Waals surface area contributed by atoms with Crippen LogP contribution in [0.2, 0.25) is 5.02 Å². The Labute approximate surface area is 137 Å². The van der Waals surface area contributed by atoms with Gasteiger partial charge in [0.25, 0.3) is 5.91 Å². The van der Waals surface area contributed by atoms with Gasteiger partial charge in [0, 0.05) is 12.6 Å². The van der Waals surface area contributed by atoms with Gasteiger partial charge in [0.05, 0.1) is 10.7 Å². The Bertz CT molecular complexity index is 732. The molecule has 2 heterocycles. The largest absolute Gasteiger partial charge is 0.488 e. The van der Waals surface area contributed by atoms with E-state index in [2.05, 4.69) is 6.58 Å². The summed E-state index contributed by atoms with van der Waals surface area (Å²) in [4.78, 5) is 27.1. The summed E-state index contributed by atoms with van der Waals surface area (Å²) in [6, 6.07) is 1.73. The molecule has 0 N–H and O–H groups in total. The summed E-state index contributed by atoms with van der Waals surface area (Å²) in [7, 11) is 0. The summed E-state index contributed by atoms with van der Waals surface area (Å²) in [6.07, 6.45) is 4.70. The maximum absolute atomic E-state index is 14.3. The van der Waals surface area contributed by atoms with E-state index in [1.54, 1.807) is 6.08 Å². The molecule has 1 saturated heterocycles. The maximum atomic E-state index is 14.3. The first-order chi connectivity index (χ1) is 11.0. The molecule has 0 unspecified atom stereocenters. The lowest BCUT2D eigenvalue weighted by molar-refractivity contribution is -0.114. The lowest BCUT2D eigenvalue weighted by Crippen LogP contribution is -2.34. The SMILES string of the molecule is C=CCOc1cc(N2C(=O)C3=CCCCN3C2=O)c(F)cc1Cl. The number of imide groups is 1. The first-order valence-corrected chi connectivity index (χ1v) is 7.51. The number of anilines is 1. The van der Waals surface area contributed by atoms with Crippen LogP contribution >= 0.6 is 11.6 Å². The van der Waals surface area contributed by atoms with E-state index in [1.807, 2.05) is 0 Å². The number of benzene rings is 1. The van der Waals surface area contributed by atoms with Crippen LogP contribution in [0, 0.1) is 5.82 Å². The van der Waals surface area contributed by atoms with Crippen molar-refractivity contribution in [2.45, 2.75) is 12.8 Å². The van der Waals surface area contributed by atoms with E-state index >= 15 is 0 Å². The van der Waals surface area contributed by atoms with Crippen molar-refractivity contribution in [3.05, 3.63) is 47.4 Å². The summed E-state index contributed by atoms with van der Waals surface area (Å²) in [5.74, 6) is -1.11. The Morgan fingerprint density at radius 3 is 2.87 bits per heavy atom. The van der Waals surface area contributed by atoms with Gasteiger partial charge in [-0.05, 0) is 18.9 Å². The van der Waals surface area contributed by atoms with Crippen LogP contribution < -0.4 is 9.64 Å². The number of amides is 3. The highest BCUT2D eigenvalue weighted by Crippen LogP contribution is 2.37. The number of hydrogen-bond donors (Lipinski definition) is 0. The second-order valence-corrected chi connectivity index (χ2v) is 5.55. The van der Waals surface area contributed by atoms with E-state index in [9.17, 15) is 14.0 Å². The summed E-state index contributed by atoms with van der Waals surface area (Å²) < 4.78 is 19.6. The molecule has 0 atom stereocenters. The average molecular weight is 337 g/mol. The highest BCUT2D eigenvalue weighted by molar-refractivity contribution is 6.32. The van der Waals surface area contributed by atoms with Crippen molar-refractivity contribution in [1.82, 2.24) is 4.90 Å². The van der Waals surface area contributed by atoms with Crippen LogP contribution in [0.25, 0.3) is 0 Å². The first-order valence-electron chi connectivity index (χ1n) is 7.13. The second kappa shape index (κ2) is 6.04. The number of carbonyl (C=O) groups is 2. The second-order valence-electron chi connectivity index (χ2n) is 5.14. The predicted octanol–water partition coefficient (Wildman–Crippen LogP) is 3.49. The van der Waals surface area contributed by atoms with Crippen LogP contribution in [-0.2, 0) is 4.79 Å². The number of urea groups is 1. The molecule has 120 valence electrons. The molecular weight excluding hydrogens is 323 g/mol. The van der Waals surface area contributed by atoms with Crippen molar-refractivity contribution in [3.8, 4) is 5.75 Å². The number of carbonyl (C=O) groups excluding carboxylic acids is 2. The molecular formula is C16H14ClFN2O3. The fourth-order valence-electron chi connectivity index (χ4n) is 2.60. The topological polar surface area (TPSA) is 49.9 Å². The van der Waals surface area contributed by atoms with Crippen LogP contribution in [0.1, 0.15) is 12.8 Å². The molecule has 0 bridgehead atoms. The quantitative estimate of drug-likeness (QED) is 0.624. The van der Waals surface area contributed by atoms with Crippen LogP contribution in [0.5, 0.6) is 5.75 Å². The smallest absolute Gasteiger partial charge is 0.336 e. The van der Waals surface area contributed by atoms with Gasteiger partial charge in [-0.15, -0.1) is 0 Å². The van der Waals surface area contributed by atoms with Gasteiger partial charge < -0.3 is 4.74 Å². The molecule has 0 saturated carbocycles. The van der Waals surface area contributed by atoms with Crippen molar-refractivity contribution < 1.29 is 18.7 Å². The maximum Gasteiger partial charge on any atom is 0.336 e. The van der Waals surface area contributed by atoms with E-state index in [4.69, 9.17) is 16.3 Å². The molecule has 3 rings (SSSR count). The lowest BCUT2D eigenvalue weighted by atomic mass is 10.2. The van der Waals surface area contributed by atoms with Crippen molar-refractivity contribution in [2.75, 3.05) is 18.1 Å². The molecule has 23 heavy (non-hydrogen) atoms. The molecule has 0 spiro atoms. The molecule has 3 amide bonds. The Hall–Kier alpha value is -2.34. The predicted molar refractivity (Wildman–Crippen MR) is 84.0 cm³/mol. The average Bonchev–Trinajstić information content (AvgIpc) is 2.79. The Kier molecular flexibility index (Phi) is 4.09. The molecule has 7 heteroatoms. The van der Waals surface area contributed by atoms with Crippen LogP contribution in [-0.4, -0.2) is 30.0 Å². The van der Waals surface area contributed by atoms with E-state index in [-0.39, 0.29) is 23.1 Å². The molecule has 2 aliphatic rings. The van der Waals surface area contributed by atoms with Crippen LogP contribution in [0.15, 0.2) is 36.6 Å². The van der Waals surface area contributed by atoms with Crippen molar-refractivity contribution in [2.24, 2.45) is 0 Å². The summed E-state index contributed by atoms with van der Waals surface area (Å²) in [5.41, 5.74) is 0.128. The zero-order valence-electron chi connectivity index (χ0n) is 12.2. The number of fused-ring (bicyclic) bond motifs is 1. The minimum absolute atomic E-state index is 0.0594. The first kappa shape index (κ1) is 15.6. The number of allylic oxidation sites excluding steroid dienone is 1. The van der Waals surface area contributed by atoms with Crippen LogP contribution in [0.4, 0.5) is 14.9 Å². The molecule has 2 aliphatic heterocycles. The van der Waals surface area contributed by atoms with E-state index in [1.165, 1.54) is 17.0 Å². The van der Waals surface area contributed by atoms with Gasteiger partial charge in [-0.1, -0.05) is 30.3 Å². The zero-order valence-corrected chi connectivity index (χ0v) is 13.0. The highest BCUT2D eigenvalue weighted by Gasteiger charge is 2.43. The van der Waals surface area contributed by atoms with E-state index in [0.717, 1.165) is 23.8 Å².